The molecule has 1 aliphatic rings. The highest BCUT2D eigenvalue weighted by molar-refractivity contribution is 5.95. The highest BCUT2D eigenvalue weighted by atomic mass is 16.5. The molecule has 19 heavy (non-hydrogen) atoms. The van der Waals surface area contributed by atoms with Gasteiger partial charge in [-0.3, -0.25) is 9.59 Å². The Balaban J connectivity index is 0.000000741. The molecule has 1 N–H and O–H groups in total. The molecule has 106 valence electrons. The van der Waals surface area contributed by atoms with Crippen molar-refractivity contribution in [2.24, 2.45) is 0 Å². The normalized spacial score (nSPS) is 13.7. The van der Waals surface area contributed by atoms with Crippen LogP contribution in [0.1, 0.15) is 24.2 Å². The van der Waals surface area contributed by atoms with Crippen molar-refractivity contribution >= 4 is 17.9 Å². The van der Waals surface area contributed by atoms with E-state index in [0.29, 0.717) is 18.7 Å². The lowest BCUT2D eigenvalue weighted by atomic mass is 10.2. The summed E-state index contributed by atoms with van der Waals surface area (Å²) in [4.78, 5) is 23.7. The summed E-state index contributed by atoms with van der Waals surface area (Å²) in [5.41, 5.74) is 1.33. The minimum Gasteiger partial charge on any atom is -0.400 e. The first-order valence-corrected chi connectivity index (χ1v) is 6.19. The summed E-state index contributed by atoms with van der Waals surface area (Å²) in [6, 6.07) is 7.00. The van der Waals surface area contributed by atoms with Crippen molar-refractivity contribution < 1.29 is 19.4 Å². The SMILES string of the molecule is CC.CO.O=Cc1cccc(N2CCOCC2=O)c1. The molecule has 0 aliphatic carbocycles. The molecule has 1 heterocycles. The van der Waals surface area contributed by atoms with Gasteiger partial charge in [0, 0.05) is 24.9 Å². The van der Waals surface area contributed by atoms with Gasteiger partial charge < -0.3 is 14.7 Å². The van der Waals surface area contributed by atoms with Crippen molar-refractivity contribution in [1.29, 1.82) is 0 Å². The molecule has 1 saturated heterocycles. The Labute approximate surface area is 113 Å². The predicted molar refractivity (Wildman–Crippen MR) is 74.5 cm³/mol. The van der Waals surface area contributed by atoms with Crippen LogP contribution in [0, 0.1) is 0 Å². The summed E-state index contributed by atoms with van der Waals surface area (Å²) in [6.45, 7) is 5.20. The molecule has 0 radical (unpaired) electrons. The van der Waals surface area contributed by atoms with Crippen molar-refractivity contribution in [2.75, 3.05) is 31.8 Å². The van der Waals surface area contributed by atoms with E-state index in [0.717, 1.165) is 19.1 Å². The zero-order valence-corrected chi connectivity index (χ0v) is 11.6. The van der Waals surface area contributed by atoms with Crippen LogP contribution < -0.4 is 4.90 Å². The summed E-state index contributed by atoms with van der Waals surface area (Å²) in [5.74, 6) is -0.0655. The number of aliphatic hydroxyl groups excluding tert-OH is 1. The van der Waals surface area contributed by atoms with E-state index < -0.39 is 0 Å². The molecule has 5 nitrogen and oxygen atoms in total. The first kappa shape index (κ1) is 17.3. The number of aldehydes is 1. The average Bonchev–Trinajstić information content (AvgIpc) is 2.52. The fraction of sp³-hybridized carbons (Fsp3) is 0.429. The number of hydrogen-bond acceptors (Lipinski definition) is 4. The quantitative estimate of drug-likeness (QED) is 0.825. The van der Waals surface area contributed by atoms with Crippen LogP contribution in [-0.4, -0.2) is 44.2 Å². The van der Waals surface area contributed by atoms with Gasteiger partial charge in [-0.05, 0) is 12.1 Å². The lowest BCUT2D eigenvalue weighted by Crippen LogP contribution is -2.41. The van der Waals surface area contributed by atoms with E-state index >= 15 is 0 Å². The molecule has 0 unspecified atom stereocenters. The van der Waals surface area contributed by atoms with Gasteiger partial charge in [0.1, 0.15) is 12.9 Å². The fourth-order valence-electron chi connectivity index (χ4n) is 1.56. The molecule has 0 bridgehead atoms. The Morgan fingerprint density at radius 1 is 1.32 bits per heavy atom. The standard InChI is InChI=1S/C11H11NO3.C2H6.CH4O/c13-7-9-2-1-3-10(6-9)12-4-5-15-8-11(12)14;2*1-2/h1-3,6-7H,4-5,8H2;1-2H3;2H,1H3. The van der Waals surface area contributed by atoms with Crippen molar-refractivity contribution in [3.63, 3.8) is 0 Å². The molecule has 0 aromatic heterocycles. The van der Waals surface area contributed by atoms with E-state index in [2.05, 4.69) is 0 Å². The monoisotopic (exact) mass is 267 g/mol. The first-order chi connectivity index (χ1) is 9.31. The second kappa shape index (κ2) is 10.2. The highest BCUT2D eigenvalue weighted by Gasteiger charge is 2.19. The van der Waals surface area contributed by atoms with Crippen LogP contribution in [-0.2, 0) is 9.53 Å². The van der Waals surface area contributed by atoms with Crippen molar-refractivity contribution in [1.82, 2.24) is 0 Å². The summed E-state index contributed by atoms with van der Waals surface area (Å²) in [6.07, 6.45) is 0.772. The van der Waals surface area contributed by atoms with Gasteiger partial charge in [-0.15, -0.1) is 0 Å². The maximum atomic E-state index is 11.5. The topological polar surface area (TPSA) is 66.8 Å². The Bertz CT molecular complexity index is 393. The maximum Gasteiger partial charge on any atom is 0.253 e. The Hall–Kier alpha value is -1.72. The van der Waals surface area contributed by atoms with Crippen LogP contribution in [0.15, 0.2) is 24.3 Å². The van der Waals surface area contributed by atoms with Gasteiger partial charge >= 0.3 is 0 Å². The molecule has 1 aromatic carbocycles. The molecule has 5 heteroatoms. The summed E-state index contributed by atoms with van der Waals surface area (Å²) >= 11 is 0. The second-order valence-corrected chi connectivity index (χ2v) is 3.31. The molecule has 1 fully saturated rings. The second-order valence-electron chi connectivity index (χ2n) is 3.31. The van der Waals surface area contributed by atoms with Crippen LogP contribution in [0.25, 0.3) is 0 Å². The number of morpholine rings is 1. The number of ether oxygens (including phenoxy) is 1. The molecule has 2 rings (SSSR count). The van der Waals surface area contributed by atoms with Gasteiger partial charge in [0.25, 0.3) is 5.91 Å². The van der Waals surface area contributed by atoms with Gasteiger partial charge in [-0.25, -0.2) is 0 Å². The largest absolute Gasteiger partial charge is 0.400 e. The molecule has 1 aromatic rings. The molecule has 0 spiro atoms. The number of carbonyl (C=O) groups is 2. The van der Waals surface area contributed by atoms with E-state index in [1.165, 1.54) is 0 Å². The summed E-state index contributed by atoms with van der Waals surface area (Å²) < 4.78 is 5.03. The van der Waals surface area contributed by atoms with Crippen molar-refractivity contribution in [3.05, 3.63) is 29.8 Å². The lowest BCUT2D eigenvalue weighted by Gasteiger charge is -2.26. The average molecular weight is 267 g/mol. The van der Waals surface area contributed by atoms with Gasteiger partial charge in [0.2, 0.25) is 0 Å². The first-order valence-electron chi connectivity index (χ1n) is 6.19. The van der Waals surface area contributed by atoms with E-state index in [1.54, 1.807) is 23.1 Å². The third kappa shape index (κ3) is 5.19. The smallest absolute Gasteiger partial charge is 0.253 e. The van der Waals surface area contributed by atoms with Gasteiger partial charge in [-0.2, -0.15) is 0 Å². The van der Waals surface area contributed by atoms with Crippen LogP contribution in [0.2, 0.25) is 0 Å². The number of anilines is 1. The number of nitrogens with zero attached hydrogens (tertiary/aromatic N) is 1. The summed E-state index contributed by atoms with van der Waals surface area (Å²) in [7, 11) is 1.00. The third-order valence-corrected chi connectivity index (χ3v) is 2.30. The van der Waals surface area contributed by atoms with Crippen molar-refractivity contribution in [2.45, 2.75) is 13.8 Å². The van der Waals surface area contributed by atoms with Gasteiger partial charge in [0.05, 0.1) is 6.61 Å². The van der Waals surface area contributed by atoms with E-state index in [4.69, 9.17) is 9.84 Å². The number of benzene rings is 1. The molecule has 1 amide bonds. The van der Waals surface area contributed by atoms with E-state index in [9.17, 15) is 9.59 Å². The maximum absolute atomic E-state index is 11.5. The predicted octanol–water partition coefficient (Wildman–Crippen LogP) is 1.50. The fourth-order valence-corrected chi connectivity index (χ4v) is 1.56. The van der Waals surface area contributed by atoms with Crippen LogP contribution in [0.5, 0.6) is 0 Å². The Morgan fingerprint density at radius 3 is 2.58 bits per heavy atom. The molecule has 0 saturated carbocycles. The zero-order chi connectivity index (χ0) is 14.7. The van der Waals surface area contributed by atoms with Crippen molar-refractivity contribution in [3.8, 4) is 0 Å². The molecular formula is C14H21NO4. The Morgan fingerprint density at radius 2 is 2.00 bits per heavy atom. The number of amides is 1. The van der Waals surface area contributed by atoms with E-state index in [1.807, 2.05) is 19.9 Å². The van der Waals surface area contributed by atoms with Crippen LogP contribution in [0.3, 0.4) is 0 Å². The van der Waals surface area contributed by atoms with Crippen LogP contribution >= 0.6 is 0 Å². The van der Waals surface area contributed by atoms with Crippen LogP contribution in [0.4, 0.5) is 5.69 Å². The third-order valence-electron chi connectivity index (χ3n) is 2.30. The molecule has 0 atom stereocenters. The Kier molecular flexibility index (Phi) is 9.30. The number of carbonyl (C=O) groups excluding carboxylic acids is 2. The minimum atomic E-state index is -0.0655. The lowest BCUT2D eigenvalue weighted by molar-refractivity contribution is -0.125. The van der Waals surface area contributed by atoms with Gasteiger partial charge in [-0.1, -0.05) is 26.0 Å². The molecular weight excluding hydrogens is 246 g/mol. The number of hydrogen-bond donors (Lipinski definition) is 1. The summed E-state index contributed by atoms with van der Waals surface area (Å²) in [5, 5.41) is 7.00. The van der Waals surface area contributed by atoms with Gasteiger partial charge in [0.15, 0.2) is 0 Å². The zero-order valence-electron chi connectivity index (χ0n) is 11.6. The van der Waals surface area contributed by atoms with E-state index in [-0.39, 0.29) is 12.5 Å². The number of aliphatic hydroxyl groups is 1. The highest BCUT2D eigenvalue weighted by Crippen LogP contribution is 2.17. The minimum absolute atomic E-state index is 0.0655. The number of rotatable bonds is 2. The molecule has 1 aliphatic heterocycles.